The highest BCUT2D eigenvalue weighted by Crippen LogP contribution is 1.31. The Labute approximate surface area is 56.4 Å². The first-order chi connectivity index (χ1) is 1.00. The van der Waals surface area contributed by atoms with Crippen LogP contribution in [0.5, 0.6) is 0 Å². The average Bonchev–Trinajstić information content (AvgIpc) is 1.00. The van der Waals surface area contributed by atoms with Gasteiger partial charge in [0, 0.05) is 0 Å². The van der Waals surface area contributed by atoms with Crippen LogP contribution < -0.4 is 0 Å². The lowest BCUT2D eigenvalue weighted by molar-refractivity contribution is 2.55. The Morgan fingerprint density at radius 1 is 0.800 bits per heavy atom. The summed E-state index contributed by atoms with van der Waals surface area (Å²) in [6.07, 6.45) is 1.69. The van der Waals surface area contributed by atoms with Gasteiger partial charge >= 0.3 is 0 Å². The predicted octanol–water partition coefficient (Wildman–Crippen LogP) is 1.81. The highest BCUT2D eigenvalue weighted by molar-refractivity contribution is 7.79. The average molecular weight is 157 g/mol. The number of halogens is 3. The van der Waals surface area contributed by atoms with Crippen molar-refractivity contribution < 1.29 is 0 Å². The van der Waals surface area contributed by atoms with Crippen LogP contribution in [-0.2, 0) is 0 Å². The van der Waals surface area contributed by atoms with Crippen LogP contribution in [0, 0.1) is 0 Å². The summed E-state index contributed by atoms with van der Waals surface area (Å²) in [7, 11) is 0. The molecular formula is CH7Cl3S. The number of hydrogen-bond acceptors (Lipinski definition) is 1. The first-order valence-corrected chi connectivity index (χ1v) is 1.34. The molecule has 0 aromatic heterocycles. The molecule has 0 amide bonds. The molecule has 0 aromatic rings. The lowest BCUT2D eigenvalue weighted by Gasteiger charge is -1.11. The number of rotatable bonds is 0. The van der Waals surface area contributed by atoms with Gasteiger partial charge in [0.1, 0.15) is 0 Å². The summed E-state index contributed by atoms with van der Waals surface area (Å²) in [5.41, 5.74) is 0. The lowest BCUT2D eigenvalue weighted by atomic mass is 12.0. The van der Waals surface area contributed by atoms with Gasteiger partial charge < -0.3 is 0 Å². The lowest BCUT2D eigenvalue weighted by Crippen LogP contribution is -0.865. The molecule has 0 aliphatic rings. The maximum Gasteiger partial charge on any atom is -0.0215 e. The fourth-order valence-corrected chi connectivity index (χ4v) is 0. The van der Waals surface area contributed by atoms with Gasteiger partial charge in [-0.1, -0.05) is 0 Å². The van der Waals surface area contributed by atoms with E-state index in [9.17, 15) is 0 Å². The molecule has 0 saturated carbocycles. The number of hydrogen-bond donors (Lipinski definition) is 1. The van der Waals surface area contributed by atoms with Gasteiger partial charge in [-0.2, -0.15) is 12.6 Å². The van der Waals surface area contributed by atoms with Gasteiger partial charge in [0.25, 0.3) is 0 Å². The van der Waals surface area contributed by atoms with Gasteiger partial charge in [-0.15, -0.1) is 37.2 Å². The fraction of sp³-hybridized carbons (Fsp3) is 1.00. The van der Waals surface area contributed by atoms with Gasteiger partial charge in [0.05, 0.1) is 0 Å². The molecule has 0 aliphatic heterocycles. The molecule has 0 aromatic carbocycles. The van der Waals surface area contributed by atoms with Crippen molar-refractivity contribution in [3.8, 4) is 0 Å². The molecule has 5 heavy (non-hydrogen) atoms. The van der Waals surface area contributed by atoms with Crippen LogP contribution in [0.3, 0.4) is 0 Å². The Balaban J connectivity index is -0.00000000167. The van der Waals surface area contributed by atoms with E-state index in [1.807, 2.05) is 0 Å². The minimum Gasteiger partial charge on any atom is -0.183 e. The summed E-state index contributed by atoms with van der Waals surface area (Å²) in [5.74, 6) is 0. The molecule has 0 radical (unpaired) electrons. The van der Waals surface area contributed by atoms with Crippen LogP contribution in [-0.4, -0.2) is 6.26 Å². The van der Waals surface area contributed by atoms with Crippen LogP contribution in [0.2, 0.25) is 0 Å². The molecular weight excluding hydrogens is 150 g/mol. The maximum atomic E-state index is 3.53. The Hall–Kier alpha value is 1.22. The molecule has 0 nitrogen and oxygen atoms in total. The molecule has 4 heteroatoms. The second-order valence-corrected chi connectivity index (χ2v) is 0. The van der Waals surface area contributed by atoms with Crippen LogP contribution in [0.25, 0.3) is 0 Å². The van der Waals surface area contributed by atoms with E-state index in [1.165, 1.54) is 0 Å². The first-order valence-electron chi connectivity index (χ1n) is 0.447. The third-order valence-corrected chi connectivity index (χ3v) is 0. The van der Waals surface area contributed by atoms with E-state index in [0.29, 0.717) is 0 Å². The van der Waals surface area contributed by atoms with E-state index in [1.54, 1.807) is 6.26 Å². The molecule has 0 unspecified atom stereocenters. The normalized spacial score (nSPS) is 1.20. The second-order valence-electron chi connectivity index (χ2n) is 0. The van der Waals surface area contributed by atoms with Gasteiger partial charge in [0.2, 0.25) is 0 Å². The van der Waals surface area contributed by atoms with Crippen molar-refractivity contribution >= 4 is 49.8 Å². The molecule has 0 bridgehead atoms. The summed E-state index contributed by atoms with van der Waals surface area (Å²) >= 11 is 3.53. The van der Waals surface area contributed by atoms with E-state index in [-0.39, 0.29) is 37.2 Å². The highest BCUT2D eigenvalue weighted by atomic mass is 35.5. The summed E-state index contributed by atoms with van der Waals surface area (Å²) < 4.78 is 0. The fourth-order valence-electron chi connectivity index (χ4n) is 0. The topological polar surface area (TPSA) is 0 Å². The monoisotopic (exact) mass is 156 g/mol. The van der Waals surface area contributed by atoms with Crippen LogP contribution in [0.4, 0.5) is 0 Å². The van der Waals surface area contributed by atoms with E-state index >= 15 is 0 Å². The third kappa shape index (κ3) is 36.4. The van der Waals surface area contributed by atoms with Crippen molar-refractivity contribution in [2.24, 2.45) is 0 Å². The molecule has 0 fully saturated rings. The van der Waals surface area contributed by atoms with Crippen molar-refractivity contribution in [2.45, 2.75) is 0 Å². The SMILES string of the molecule is CS.Cl.Cl.Cl. The molecule has 0 N–H and O–H groups in total. The smallest absolute Gasteiger partial charge is 0.0215 e. The quantitative estimate of drug-likeness (QED) is 0.510. The van der Waals surface area contributed by atoms with Crippen molar-refractivity contribution in [1.82, 2.24) is 0 Å². The molecule has 0 aliphatic carbocycles. The van der Waals surface area contributed by atoms with Crippen molar-refractivity contribution in [3.63, 3.8) is 0 Å². The van der Waals surface area contributed by atoms with Gasteiger partial charge in [-0.25, -0.2) is 0 Å². The van der Waals surface area contributed by atoms with Crippen LogP contribution in [0.1, 0.15) is 0 Å². The Morgan fingerprint density at radius 2 is 0.800 bits per heavy atom. The molecule has 0 rings (SSSR count). The molecule has 0 atom stereocenters. The van der Waals surface area contributed by atoms with Crippen molar-refractivity contribution in [1.29, 1.82) is 0 Å². The molecule has 0 heterocycles. The Kier molecular flexibility index (Phi) is 430. The van der Waals surface area contributed by atoms with Gasteiger partial charge in [0.15, 0.2) is 0 Å². The third-order valence-electron chi connectivity index (χ3n) is 0. The van der Waals surface area contributed by atoms with E-state index < -0.39 is 0 Å². The predicted molar refractivity (Wildman–Crippen MR) is 36.7 cm³/mol. The zero-order chi connectivity index (χ0) is 2.00. The number of thiol groups is 1. The van der Waals surface area contributed by atoms with Crippen LogP contribution >= 0.6 is 49.8 Å². The second kappa shape index (κ2) is 62.5. The first kappa shape index (κ1) is 34.4. The summed E-state index contributed by atoms with van der Waals surface area (Å²) in [6, 6.07) is 0. The van der Waals surface area contributed by atoms with Gasteiger partial charge in [-0.05, 0) is 6.26 Å². The minimum atomic E-state index is 0. The van der Waals surface area contributed by atoms with Crippen LogP contribution in [0.15, 0.2) is 0 Å². The summed E-state index contributed by atoms with van der Waals surface area (Å²) in [5, 5.41) is 0. The molecule has 0 saturated heterocycles. The summed E-state index contributed by atoms with van der Waals surface area (Å²) in [6.45, 7) is 0. The maximum absolute atomic E-state index is 3.53. The van der Waals surface area contributed by atoms with Gasteiger partial charge in [-0.3, -0.25) is 0 Å². The van der Waals surface area contributed by atoms with E-state index in [0.717, 1.165) is 0 Å². The minimum absolute atomic E-state index is 0. The summed E-state index contributed by atoms with van der Waals surface area (Å²) in [4.78, 5) is 0. The Morgan fingerprint density at radius 3 is 0.800 bits per heavy atom. The zero-order valence-corrected chi connectivity index (χ0v) is 6.02. The Bertz CT molecular complexity index is 6.85. The highest BCUT2D eigenvalue weighted by Gasteiger charge is 0.901. The van der Waals surface area contributed by atoms with E-state index in [2.05, 4.69) is 12.6 Å². The van der Waals surface area contributed by atoms with Crippen molar-refractivity contribution in [3.05, 3.63) is 0 Å². The molecule has 38 valence electrons. The zero-order valence-electron chi connectivity index (χ0n) is 2.67. The largest absolute Gasteiger partial charge is 0.183 e. The molecule has 0 spiro atoms. The van der Waals surface area contributed by atoms with E-state index in [4.69, 9.17) is 0 Å². The standard InChI is InChI=1S/CH4S.3ClH/c1-2;;;/h2H,1H3;3*1H. The van der Waals surface area contributed by atoms with Crippen molar-refractivity contribution in [2.75, 3.05) is 6.26 Å².